The van der Waals surface area contributed by atoms with Crippen molar-refractivity contribution in [1.29, 1.82) is 5.26 Å². The first kappa shape index (κ1) is 30.4. The summed E-state index contributed by atoms with van der Waals surface area (Å²) >= 11 is 1.83. The van der Waals surface area contributed by atoms with Crippen molar-refractivity contribution in [3.63, 3.8) is 0 Å². The van der Waals surface area contributed by atoms with Gasteiger partial charge in [0.15, 0.2) is 0 Å². The van der Waals surface area contributed by atoms with Crippen molar-refractivity contribution in [2.24, 2.45) is 10.9 Å². The molecule has 0 bridgehead atoms. The number of rotatable bonds is 11. The number of nitrogens with one attached hydrogen (secondary N) is 2. The van der Waals surface area contributed by atoms with Crippen LogP contribution in [0.5, 0.6) is 0 Å². The molecule has 224 valence electrons. The molecule has 0 aliphatic carbocycles. The molecule has 3 aliphatic heterocycles. The zero-order valence-corrected chi connectivity index (χ0v) is 25.2. The van der Waals surface area contributed by atoms with Crippen molar-refractivity contribution >= 4 is 36.3 Å². The van der Waals surface area contributed by atoms with Gasteiger partial charge in [0.2, 0.25) is 0 Å². The second-order valence-electron chi connectivity index (χ2n) is 11.7. The number of fused-ring (bicyclic) bond motifs is 1. The second-order valence-corrected chi connectivity index (χ2v) is 13.0. The Balaban J connectivity index is 1.36. The summed E-state index contributed by atoms with van der Waals surface area (Å²) in [5, 5.41) is 17.6. The molecule has 0 spiro atoms. The summed E-state index contributed by atoms with van der Waals surface area (Å²) < 4.78 is 46.3. The molecular formula is C32H39F3N6S. The molecule has 2 aromatic rings. The summed E-state index contributed by atoms with van der Waals surface area (Å²) in [6.45, 7) is 10.7. The largest absolute Gasteiger partial charge is 0.363 e. The Labute approximate surface area is 250 Å². The lowest BCUT2D eigenvalue weighted by Gasteiger charge is -2.40. The molecule has 2 saturated heterocycles. The van der Waals surface area contributed by atoms with E-state index in [1.165, 1.54) is 24.5 Å². The van der Waals surface area contributed by atoms with Crippen LogP contribution in [-0.4, -0.2) is 47.4 Å². The van der Waals surface area contributed by atoms with E-state index in [2.05, 4.69) is 45.1 Å². The molecular weight excluding hydrogens is 557 g/mol. The van der Waals surface area contributed by atoms with Gasteiger partial charge in [0.05, 0.1) is 40.0 Å². The number of nitrogens with zero attached hydrogens (tertiary/aromatic N) is 4. The maximum Gasteiger partial charge on any atom is 0.276 e. The highest BCUT2D eigenvalue weighted by molar-refractivity contribution is 7.99. The first-order valence-corrected chi connectivity index (χ1v) is 16.0. The number of aliphatic imine (C=N–C) groups is 1. The number of anilines is 1. The van der Waals surface area contributed by atoms with Crippen LogP contribution in [-0.2, 0) is 11.3 Å². The fourth-order valence-electron chi connectivity index (χ4n) is 6.15. The summed E-state index contributed by atoms with van der Waals surface area (Å²) in [5.41, 5.74) is -0.333. The van der Waals surface area contributed by atoms with E-state index in [-0.39, 0.29) is 17.9 Å². The molecule has 3 aliphatic rings. The van der Waals surface area contributed by atoms with Crippen LogP contribution in [0.25, 0.3) is 12.4 Å². The lowest BCUT2D eigenvalue weighted by Crippen LogP contribution is -2.47. The van der Waals surface area contributed by atoms with Crippen LogP contribution >= 0.6 is 11.8 Å². The molecule has 0 unspecified atom stereocenters. The Kier molecular flexibility index (Phi) is 9.19. The molecule has 6 nitrogen and oxygen atoms in total. The third-order valence-electron chi connectivity index (χ3n) is 8.80. The van der Waals surface area contributed by atoms with Crippen LogP contribution < -0.4 is 21.2 Å². The molecule has 0 saturated carbocycles. The minimum atomic E-state index is -3.26. The minimum absolute atomic E-state index is 0.143. The quantitative estimate of drug-likeness (QED) is 0.362. The fraction of sp³-hybridized carbons (Fsp3) is 0.531. The van der Waals surface area contributed by atoms with Gasteiger partial charge in [0, 0.05) is 25.1 Å². The van der Waals surface area contributed by atoms with Crippen molar-refractivity contribution in [1.82, 2.24) is 15.2 Å². The smallest absolute Gasteiger partial charge is 0.276 e. The number of nitriles is 1. The number of thioether (sulfide) groups is 1. The molecule has 4 heterocycles. The third kappa shape index (κ3) is 6.18. The fourth-order valence-corrected chi connectivity index (χ4v) is 7.34. The van der Waals surface area contributed by atoms with Crippen LogP contribution in [0.2, 0.25) is 0 Å². The molecule has 1 aromatic heterocycles. The number of unbranched alkanes of at least 4 members (excludes halogenated alkanes) is 1. The summed E-state index contributed by atoms with van der Waals surface area (Å²) in [5.74, 6) is -1.21. The summed E-state index contributed by atoms with van der Waals surface area (Å²) in [4.78, 5) is 11.4. The van der Waals surface area contributed by atoms with E-state index in [1.54, 1.807) is 6.92 Å². The highest BCUT2D eigenvalue weighted by atomic mass is 32.2. The molecule has 1 atom stereocenters. The van der Waals surface area contributed by atoms with Crippen LogP contribution in [0, 0.1) is 23.1 Å². The Morgan fingerprint density at radius 1 is 1.31 bits per heavy atom. The number of alkyl halides is 2. The van der Waals surface area contributed by atoms with Crippen LogP contribution in [0.15, 0.2) is 29.3 Å². The molecule has 2 N–H and O–H groups in total. The topological polar surface area (TPSA) is 76.3 Å². The van der Waals surface area contributed by atoms with Gasteiger partial charge in [-0.05, 0) is 68.2 Å². The number of halogens is 3. The number of aromatic nitrogens is 1. The molecule has 2 fully saturated rings. The van der Waals surface area contributed by atoms with Gasteiger partial charge in [-0.2, -0.15) is 17.0 Å². The summed E-state index contributed by atoms with van der Waals surface area (Å²) in [6, 6.07) is 7.98. The average molecular weight is 597 g/mol. The van der Waals surface area contributed by atoms with Crippen molar-refractivity contribution in [3.05, 3.63) is 57.3 Å². The molecule has 5 rings (SSSR count). The summed E-state index contributed by atoms with van der Waals surface area (Å²) in [6.07, 6.45) is 5.13. The van der Waals surface area contributed by atoms with E-state index >= 15 is 13.2 Å². The maximum atomic E-state index is 15.7. The predicted molar refractivity (Wildman–Crippen MR) is 164 cm³/mol. The highest BCUT2D eigenvalue weighted by Crippen LogP contribution is 2.39. The van der Waals surface area contributed by atoms with E-state index < -0.39 is 28.8 Å². The molecule has 10 heteroatoms. The molecule has 1 aromatic carbocycles. The normalized spacial score (nSPS) is 19.4. The van der Waals surface area contributed by atoms with Crippen LogP contribution in [0.3, 0.4) is 0 Å². The first-order valence-electron chi connectivity index (χ1n) is 14.9. The standard InChI is InChI=1S/C32H39F3N6S/c1-4-5-13-41-17-23(18-41)9-10-32(34,35)26-8-6-7-24(28(26)33)21(2)39-29-25-16-27(22(3)40-30(25)38-20-37-29)31(19-36)11-14-42-15-12-31/h6-8,16,20-21,23H,3-5,9-15,17-18H2,1-2H3,(H2,37,38,39,40)/t21-/m1/s1. The zero-order chi connectivity index (χ0) is 29.9. The first-order chi connectivity index (χ1) is 20.2. The van der Waals surface area contributed by atoms with E-state index in [0.717, 1.165) is 49.5 Å². The number of hydrogen-bond donors (Lipinski definition) is 2. The predicted octanol–water partition coefficient (Wildman–Crippen LogP) is 5.39. The Morgan fingerprint density at radius 2 is 2.07 bits per heavy atom. The van der Waals surface area contributed by atoms with Crippen molar-refractivity contribution in [3.8, 4) is 6.07 Å². The van der Waals surface area contributed by atoms with Gasteiger partial charge in [-0.25, -0.2) is 23.1 Å². The lowest BCUT2D eigenvalue weighted by atomic mass is 9.77. The van der Waals surface area contributed by atoms with E-state index in [0.29, 0.717) is 41.5 Å². The third-order valence-corrected chi connectivity index (χ3v) is 9.78. The molecule has 0 amide bonds. The van der Waals surface area contributed by atoms with Gasteiger partial charge in [0.25, 0.3) is 5.92 Å². The van der Waals surface area contributed by atoms with Gasteiger partial charge in [-0.1, -0.05) is 38.1 Å². The van der Waals surface area contributed by atoms with Crippen molar-refractivity contribution < 1.29 is 13.2 Å². The SMILES string of the molecule is C=c1nc2c(cc1C1(C#N)CCSCC1)=C(N[C@H](C)c1cccc(C(F)(F)CCC3CN(CCCC)C3)c1F)N=CN2. The Hall–Kier alpha value is -3.03. The van der Waals surface area contributed by atoms with Gasteiger partial charge in [-0.15, -0.1) is 0 Å². The van der Waals surface area contributed by atoms with E-state index in [9.17, 15) is 5.26 Å². The van der Waals surface area contributed by atoms with Crippen LogP contribution in [0.4, 0.5) is 19.0 Å². The van der Waals surface area contributed by atoms with Gasteiger partial charge in [-0.3, -0.25) is 0 Å². The average Bonchev–Trinajstić information content (AvgIpc) is 2.96. The van der Waals surface area contributed by atoms with Crippen molar-refractivity contribution in [2.45, 2.75) is 69.8 Å². The Bertz CT molecular complexity index is 1470. The van der Waals surface area contributed by atoms with Crippen molar-refractivity contribution in [2.75, 3.05) is 36.5 Å². The lowest BCUT2D eigenvalue weighted by molar-refractivity contribution is -0.0320. The monoisotopic (exact) mass is 596 g/mol. The molecule has 42 heavy (non-hydrogen) atoms. The van der Waals surface area contributed by atoms with E-state index in [1.807, 2.05) is 17.8 Å². The minimum Gasteiger partial charge on any atom is -0.363 e. The number of hydrogen-bond acceptors (Lipinski definition) is 7. The number of pyridine rings is 1. The number of likely N-dealkylation sites (tertiary alicyclic amines) is 1. The zero-order valence-electron chi connectivity index (χ0n) is 24.4. The Morgan fingerprint density at radius 3 is 2.79 bits per heavy atom. The van der Waals surface area contributed by atoms with Gasteiger partial charge in [0.1, 0.15) is 17.5 Å². The van der Waals surface area contributed by atoms with Crippen LogP contribution in [0.1, 0.15) is 75.1 Å². The summed E-state index contributed by atoms with van der Waals surface area (Å²) in [7, 11) is 0. The maximum absolute atomic E-state index is 15.7. The van der Waals surface area contributed by atoms with E-state index in [4.69, 9.17) is 0 Å². The number of benzene rings is 1. The highest BCUT2D eigenvalue weighted by Gasteiger charge is 2.38. The second kappa shape index (κ2) is 12.7. The van der Waals surface area contributed by atoms with Gasteiger partial charge < -0.3 is 15.5 Å². The molecule has 0 radical (unpaired) electrons. The van der Waals surface area contributed by atoms with Gasteiger partial charge >= 0.3 is 0 Å².